The summed E-state index contributed by atoms with van der Waals surface area (Å²) in [5.74, 6) is 0.184. The Labute approximate surface area is 558 Å². The fourth-order valence-corrected chi connectivity index (χ4v) is 19.1. The van der Waals surface area contributed by atoms with E-state index >= 15 is 0 Å². The molecule has 0 radical (unpaired) electrons. The van der Waals surface area contributed by atoms with Crippen LogP contribution in [0.1, 0.15) is 325 Å². The van der Waals surface area contributed by atoms with Crippen molar-refractivity contribution in [2.24, 2.45) is 33.5 Å². The van der Waals surface area contributed by atoms with Crippen LogP contribution in [0.5, 0.6) is 23.0 Å². The van der Waals surface area contributed by atoms with E-state index in [-0.39, 0.29) is 78.9 Å². The minimum Gasteiger partial charge on any atom is -0.507 e. The highest BCUT2D eigenvalue weighted by atomic mass is 32.2. The quantitative estimate of drug-likeness (QED) is 0.131. The molecule has 6 atom stereocenters. The number of phenols is 2. The average molecular weight is 1310 g/mol. The molecule has 0 unspecified atom stereocenters. The minimum atomic E-state index is -4.19. The molecular weight excluding hydrogens is 1190 g/mol. The van der Waals surface area contributed by atoms with Crippen LogP contribution >= 0.6 is 0 Å². The molecule has 4 bridgehead atoms. The van der Waals surface area contributed by atoms with Crippen LogP contribution in [0.15, 0.2) is 48.5 Å². The second-order valence-corrected chi connectivity index (χ2v) is 41.3. The number of hydrogen-bond acceptors (Lipinski definition) is 10. The van der Waals surface area contributed by atoms with Crippen LogP contribution in [-0.4, -0.2) is 50.1 Å². The molecule has 0 aliphatic heterocycles. The van der Waals surface area contributed by atoms with Gasteiger partial charge in [0.15, 0.2) is 0 Å². The standard InChI is InChI=1S/2C40H60O5S/c2*1-24(28-18-26(35(2,3)4)20-30(33(28)42)37(8,9)10)29-19-27(36(5,6)7)21-31(38(11,12)13)34(29)45-46(43,44)23-40-17-16-25(22-32(40)41)39(40,14)15/h2*18-21,24-25,42H,16-17,22-23H2,1-15H3/t24-,25+,40+;24-,25-,40-/m01/s1. The molecule has 4 aliphatic rings. The molecule has 8 rings (SSSR count). The van der Waals surface area contributed by atoms with Crippen molar-refractivity contribution in [1.82, 2.24) is 0 Å². The molecule has 2 N–H and O–H groups in total. The molecule has 512 valence electrons. The Kier molecular flexibility index (Phi) is 19.1. The van der Waals surface area contributed by atoms with Crippen molar-refractivity contribution < 1.29 is 45.0 Å². The molecule has 4 fully saturated rings. The zero-order chi connectivity index (χ0) is 70.4. The summed E-state index contributed by atoms with van der Waals surface area (Å²) in [4.78, 5) is 26.7. The first kappa shape index (κ1) is 74.7. The van der Waals surface area contributed by atoms with Crippen LogP contribution in [0.2, 0.25) is 0 Å². The molecule has 10 nitrogen and oxygen atoms in total. The van der Waals surface area contributed by atoms with Crippen molar-refractivity contribution in [2.75, 3.05) is 11.5 Å². The number of benzene rings is 4. The number of phenolic OH excluding ortho intramolecular Hbond substituents is 2. The summed E-state index contributed by atoms with van der Waals surface area (Å²) in [6.07, 6.45) is 3.77. The van der Waals surface area contributed by atoms with E-state index in [1.54, 1.807) is 0 Å². The number of ketones is 2. The van der Waals surface area contributed by atoms with Gasteiger partial charge in [-0.15, -0.1) is 0 Å². The Bertz CT molecular complexity index is 3520. The first-order valence-electron chi connectivity index (χ1n) is 34.1. The van der Waals surface area contributed by atoms with Gasteiger partial charge in [-0.05, 0) is 125 Å². The van der Waals surface area contributed by atoms with Gasteiger partial charge < -0.3 is 18.6 Å². The highest BCUT2D eigenvalue weighted by Crippen LogP contribution is 2.66. The summed E-state index contributed by atoms with van der Waals surface area (Å²) in [5, 5.41) is 23.8. The number of rotatable bonds is 12. The van der Waals surface area contributed by atoms with Gasteiger partial charge in [0.05, 0.1) is 22.3 Å². The average Bonchev–Trinajstić information content (AvgIpc) is 1.53. The van der Waals surface area contributed by atoms with Gasteiger partial charge in [-0.3, -0.25) is 9.59 Å². The Morgan fingerprint density at radius 3 is 0.848 bits per heavy atom. The largest absolute Gasteiger partial charge is 0.507 e. The maximum atomic E-state index is 14.3. The summed E-state index contributed by atoms with van der Waals surface area (Å²) in [6, 6.07) is 16.7. The first-order valence-corrected chi connectivity index (χ1v) is 37.3. The lowest BCUT2D eigenvalue weighted by Gasteiger charge is -2.36. The van der Waals surface area contributed by atoms with Gasteiger partial charge in [-0.25, -0.2) is 0 Å². The molecule has 4 aromatic carbocycles. The Morgan fingerprint density at radius 2 is 0.641 bits per heavy atom. The molecule has 12 heteroatoms. The van der Waals surface area contributed by atoms with E-state index in [1.165, 1.54) is 0 Å². The van der Waals surface area contributed by atoms with Crippen LogP contribution in [0.25, 0.3) is 0 Å². The van der Waals surface area contributed by atoms with Crippen LogP contribution < -0.4 is 8.37 Å². The van der Waals surface area contributed by atoms with Gasteiger partial charge >= 0.3 is 20.2 Å². The van der Waals surface area contributed by atoms with Gasteiger partial charge in [-0.2, -0.15) is 16.8 Å². The van der Waals surface area contributed by atoms with Gasteiger partial charge in [0.2, 0.25) is 0 Å². The lowest BCUT2D eigenvalue weighted by atomic mass is 9.70. The predicted octanol–water partition coefficient (Wildman–Crippen LogP) is 19.7. The number of carbonyl (C=O) groups excluding carboxylic acids is 2. The topological polar surface area (TPSA) is 161 Å². The van der Waals surface area contributed by atoms with Crippen LogP contribution in [0.3, 0.4) is 0 Å². The normalized spacial score (nSPS) is 22.8. The van der Waals surface area contributed by atoms with Gasteiger partial charge in [0, 0.05) is 58.1 Å². The van der Waals surface area contributed by atoms with Gasteiger partial charge in [-0.1, -0.05) is 256 Å². The van der Waals surface area contributed by atoms with Crippen molar-refractivity contribution in [3.63, 3.8) is 0 Å². The van der Waals surface area contributed by atoms with Crippen LogP contribution in [0, 0.1) is 33.5 Å². The summed E-state index contributed by atoms with van der Waals surface area (Å²) >= 11 is 0. The fraction of sp³-hybridized carbons (Fsp3) is 0.675. The molecule has 0 aromatic heterocycles. The van der Waals surface area contributed by atoms with Gasteiger partial charge in [0.1, 0.15) is 34.6 Å². The van der Waals surface area contributed by atoms with Gasteiger partial charge in [0.25, 0.3) is 0 Å². The number of carbonyl (C=O) groups is 2. The summed E-state index contributed by atoms with van der Waals surface area (Å²) in [7, 11) is -8.38. The zero-order valence-corrected chi connectivity index (χ0v) is 64.2. The monoisotopic (exact) mass is 1300 g/mol. The van der Waals surface area contributed by atoms with Crippen molar-refractivity contribution in [2.45, 2.75) is 301 Å². The lowest BCUT2D eigenvalue weighted by Crippen LogP contribution is -2.43. The number of Topliss-reactive ketones (excluding diaryl/α,β-unsaturated/α-hetero) is 2. The molecule has 0 heterocycles. The third-order valence-corrected chi connectivity index (χ3v) is 25.2. The summed E-state index contributed by atoms with van der Waals surface area (Å²) < 4.78 is 69.7. The van der Waals surface area contributed by atoms with E-state index in [9.17, 15) is 36.6 Å². The second kappa shape index (κ2) is 23.6. The molecule has 0 amide bonds. The smallest absolute Gasteiger partial charge is 0.310 e. The Hall–Kier alpha value is -4.68. The van der Waals surface area contributed by atoms with Crippen molar-refractivity contribution in [3.8, 4) is 23.0 Å². The second-order valence-electron chi connectivity index (χ2n) is 38.2. The fourth-order valence-electron chi connectivity index (χ4n) is 15.6. The number of fused-ring (bicyclic) bond motifs is 4. The summed E-state index contributed by atoms with van der Waals surface area (Å²) in [6.45, 7) is 63.2. The Morgan fingerprint density at radius 1 is 0.402 bits per heavy atom. The van der Waals surface area contributed by atoms with E-state index in [1.807, 2.05) is 13.8 Å². The summed E-state index contributed by atoms with van der Waals surface area (Å²) in [5.41, 5.74) is 5.59. The number of aromatic hydroxyl groups is 2. The van der Waals surface area contributed by atoms with Crippen LogP contribution in [0.4, 0.5) is 0 Å². The molecule has 0 saturated heterocycles. The maximum Gasteiger partial charge on any atom is 0.310 e. The highest BCUT2D eigenvalue weighted by Gasteiger charge is 2.67. The first-order chi connectivity index (χ1) is 41.1. The molecule has 92 heavy (non-hydrogen) atoms. The van der Waals surface area contributed by atoms with Crippen molar-refractivity contribution >= 4 is 31.8 Å². The SMILES string of the molecule is C[C@@H](c1cc(C(C)(C)C)cc(C(C)(C)C)c1O)c1cc(C(C)(C)C)cc(C(C)(C)C)c1OS(=O)(=O)C[C@]12CC[C@H](CC1=O)C2(C)C.C[C@H](c1cc(C(C)(C)C)cc(C(C)(C)C)c1O)c1cc(C(C)(C)C)cc(C(C)(C)C)c1OS(=O)(=O)C[C@]12CC[C@H](CC1=O)C2(C)C. The molecule has 0 spiro atoms. The van der Waals surface area contributed by atoms with Crippen molar-refractivity contribution in [1.29, 1.82) is 0 Å². The molecule has 4 aromatic rings. The zero-order valence-electron chi connectivity index (χ0n) is 62.6. The predicted molar refractivity (Wildman–Crippen MR) is 380 cm³/mol. The maximum absolute atomic E-state index is 14.3. The van der Waals surface area contributed by atoms with E-state index in [0.29, 0.717) is 37.2 Å². The third kappa shape index (κ3) is 14.1. The number of hydrogen-bond donors (Lipinski definition) is 2. The van der Waals surface area contributed by atoms with E-state index in [4.69, 9.17) is 8.37 Å². The van der Waals surface area contributed by atoms with E-state index < -0.39 is 64.6 Å². The Balaban J connectivity index is 0.000000261. The lowest BCUT2D eigenvalue weighted by molar-refractivity contribution is -0.128. The van der Waals surface area contributed by atoms with E-state index in [2.05, 4.69) is 242 Å². The molecular formula is C80H120O10S2. The molecule has 4 aliphatic carbocycles. The van der Waals surface area contributed by atoms with Crippen molar-refractivity contribution in [3.05, 3.63) is 115 Å². The highest BCUT2D eigenvalue weighted by molar-refractivity contribution is 7.87. The molecule has 4 saturated carbocycles. The minimum absolute atomic E-state index is 0.0484. The van der Waals surface area contributed by atoms with Crippen LogP contribution in [-0.2, 0) is 73.1 Å². The third-order valence-electron chi connectivity index (χ3n) is 22.6. The van der Waals surface area contributed by atoms with E-state index in [0.717, 1.165) is 79.6 Å².